The van der Waals surface area contributed by atoms with Crippen molar-refractivity contribution in [2.24, 2.45) is 0 Å². The molecule has 0 bridgehead atoms. The van der Waals surface area contributed by atoms with Gasteiger partial charge >= 0.3 is 11.2 Å². The highest BCUT2D eigenvalue weighted by Crippen LogP contribution is 2.30. The fourth-order valence-electron chi connectivity index (χ4n) is 2.05. The predicted octanol–water partition coefficient (Wildman–Crippen LogP) is 0.761. The lowest BCUT2D eigenvalue weighted by Gasteiger charge is -2.24. The Morgan fingerprint density at radius 2 is 2.04 bits per heavy atom. The molecule has 0 saturated carbocycles. The van der Waals surface area contributed by atoms with Crippen LogP contribution in [0.15, 0.2) is 9.59 Å². The van der Waals surface area contributed by atoms with Gasteiger partial charge in [0.15, 0.2) is 5.69 Å². The van der Waals surface area contributed by atoms with E-state index in [-0.39, 0.29) is 31.2 Å². The number of hydrogen-bond donors (Lipinski definition) is 2. The van der Waals surface area contributed by atoms with Crippen LogP contribution in [0.1, 0.15) is 13.3 Å². The lowest BCUT2D eigenvalue weighted by Crippen LogP contribution is -2.43. The van der Waals surface area contributed by atoms with Gasteiger partial charge in [-0.3, -0.25) is 19.1 Å². The van der Waals surface area contributed by atoms with E-state index in [1.807, 2.05) is 4.98 Å². The summed E-state index contributed by atoms with van der Waals surface area (Å²) >= 11 is -0.526. The Balaban J connectivity index is 3.31. The number of carbonyl (C=O) groups excluding carboxylic acids is 1. The number of anilines is 2. The van der Waals surface area contributed by atoms with Gasteiger partial charge in [0.25, 0.3) is 5.56 Å². The van der Waals surface area contributed by atoms with Gasteiger partial charge in [0.05, 0.1) is 12.4 Å². The Morgan fingerprint density at radius 1 is 1.40 bits per heavy atom. The number of nitrogen functional groups attached to an aromatic ring is 1. The molecule has 0 unspecified atom stereocenters. The van der Waals surface area contributed by atoms with Crippen molar-refractivity contribution in [1.82, 2.24) is 9.55 Å². The number of H-pyrrole nitrogens is 1. The molecule has 0 saturated heterocycles. The van der Waals surface area contributed by atoms with Crippen LogP contribution >= 0.6 is 11.8 Å². The molecule has 8 nitrogen and oxygen atoms in total. The zero-order valence-electron chi connectivity index (χ0n) is 13.7. The van der Waals surface area contributed by atoms with Crippen LogP contribution in [0.4, 0.5) is 24.7 Å². The highest BCUT2D eigenvalue weighted by molar-refractivity contribution is 8.00. The number of ether oxygens (including phenoxy) is 1. The first-order valence-corrected chi connectivity index (χ1v) is 8.23. The molecule has 1 aromatic rings. The maximum Gasteiger partial charge on any atom is 0.442 e. The van der Waals surface area contributed by atoms with Crippen LogP contribution in [0.3, 0.4) is 0 Å². The van der Waals surface area contributed by atoms with E-state index in [4.69, 9.17) is 10.5 Å². The van der Waals surface area contributed by atoms with Gasteiger partial charge in [-0.2, -0.15) is 13.2 Å². The van der Waals surface area contributed by atoms with Crippen LogP contribution in [-0.2, 0) is 16.1 Å². The third-order valence-electron chi connectivity index (χ3n) is 3.11. The van der Waals surface area contributed by atoms with Crippen LogP contribution < -0.4 is 21.9 Å². The van der Waals surface area contributed by atoms with Gasteiger partial charge < -0.3 is 15.4 Å². The van der Waals surface area contributed by atoms with Crippen molar-refractivity contribution >= 4 is 29.2 Å². The minimum absolute atomic E-state index is 0.0335. The molecule has 0 spiro atoms. The third-order valence-corrected chi connectivity index (χ3v) is 3.83. The van der Waals surface area contributed by atoms with Gasteiger partial charge in [0.1, 0.15) is 5.82 Å². The molecule has 0 aromatic carbocycles. The smallest absolute Gasteiger partial charge is 0.383 e. The first-order chi connectivity index (χ1) is 11.6. The molecule has 1 aromatic heterocycles. The number of halogens is 3. The highest BCUT2D eigenvalue weighted by Gasteiger charge is 2.32. The van der Waals surface area contributed by atoms with E-state index in [0.29, 0.717) is 6.42 Å². The molecule has 1 rings (SSSR count). The van der Waals surface area contributed by atoms with Gasteiger partial charge in [0, 0.05) is 20.2 Å². The predicted molar refractivity (Wildman–Crippen MR) is 88.8 cm³/mol. The Kier molecular flexibility index (Phi) is 7.55. The number of aromatic amines is 1. The molecule has 0 aliphatic heterocycles. The molecule has 3 N–H and O–H groups in total. The summed E-state index contributed by atoms with van der Waals surface area (Å²) in [6.07, 6.45) is 0.519. The second-order valence-corrected chi connectivity index (χ2v) is 5.96. The standard InChI is InChI=1S/C13H19F3N4O4S/c1-3-4-20-10(17)9(11(22)18-12(20)23)19(5-6-24-2)8(21)7-25-13(14,15)16/h3-7,17H2,1-2H3,(H,18,22,23). The van der Waals surface area contributed by atoms with Crippen LogP contribution in [0.2, 0.25) is 0 Å². The van der Waals surface area contributed by atoms with Gasteiger partial charge in [-0.05, 0) is 18.2 Å². The molecule has 0 aliphatic carbocycles. The summed E-state index contributed by atoms with van der Waals surface area (Å²) in [4.78, 5) is 39.0. The second-order valence-electron chi connectivity index (χ2n) is 4.92. The summed E-state index contributed by atoms with van der Waals surface area (Å²) in [6, 6.07) is 0. The summed E-state index contributed by atoms with van der Waals surface area (Å²) in [5.41, 5.74) is -0.817. The minimum Gasteiger partial charge on any atom is -0.383 e. The Bertz CT molecular complexity index is 717. The number of thioether (sulfide) groups is 1. The Morgan fingerprint density at radius 3 is 2.56 bits per heavy atom. The average molecular weight is 384 g/mol. The zero-order chi connectivity index (χ0) is 19.2. The fourth-order valence-corrected chi connectivity index (χ4v) is 2.49. The van der Waals surface area contributed by atoms with E-state index in [0.717, 1.165) is 9.47 Å². The van der Waals surface area contributed by atoms with Crippen LogP contribution in [0.5, 0.6) is 0 Å². The highest BCUT2D eigenvalue weighted by atomic mass is 32.2. The van der Waals surface area contributed by atoms with Crippen molar-refractivity contribution in [2.45, 2.75) is 25.4 Å². The van der Waals surface area contributed by atoms with E-state index in [2.05, 4.69) is 0 Å². The van der Waals surface area contributed by atoms with Crippen LogP contribution in [0.25, 0.3) is 0 Å². The first kappa shape index (κ1) is 21.1. The van der Waals surface area contributed by atoms with Gasteiger partial charge in [-0.1, -0.05) is 6.92 Å². The monoisotopic (exact) mass is 384 g/mol. The van der Waals surface area contributed by atoms with E-state index in [9.17, 15) is 27.6 Å². The SMILES string of the molecule is CCCn1c(N)c(N(CCOC)C(=O)CSC(F)(F)F)c(=O)[nH]c1=O. The molecule has 25 heavy (non-hydrogen) atoms. The van der Waals surface area contributed by atoms with Gasteiger partial charge in [0.2, 0.25) is 5.91 Å². The molecule has 142 valence electrons. The second kappa shape index (κ2) is 8.94. The number of rotatable bonds is 8. The summed E-state index contributed by atoms with van der Waals surface area (Å²) in [5.74, 6) is -2.19. The molecular formula is C13H19F3N4O4S. The molecule has 0 fully saturated rings. The largest absolute Gasteiger partial charge is 0.442 e. The Labute approximate surface area is 145 Å². The average Bonchev–Trinajstić information content (AvgIpc) is 2.51. The van der Waals surface area contributed by atoms with E-state index >= 15 is 0 Å². The summed E-state index contributed by atoms with van der Waals surface area (Å²) < 4.78 is 42.9. The van der Waals surface area contributed by atoms with E-state index < -0.39 is 40.2 Å². The molecule has 0 radical (unpaired) electrons. The molecule has 12 heteroatoms. The Hall–Kier alpha value is -1.95. The molecule has 0 atom stereocenters. The number of carbonyl (C=O) groups is 1. The first-order valence-electron chi connectivity index (χ1n) is 7.25. The maximum absolute atomic E-state index is 12.3. The van der Waals surface area contributed by atoms with Crippen LogP contribution in [0, 0.1) is 0 Å². The number of nitrogens with two attached hydrogens (primary N) is 1. The van der Waals surface area contributed by atoms with Crippen molar-refractivity contribution in [2.75, 3.05) is 36.6 Å². The number of nitrogens with zero attached hydrogens (tertiary/aromatic N) is 2. The molecule has 1 heterocycles. The maximum atomic E-state index is 12.3. The summed E-state index contributed by atoms with van der Waals surface area (Å²) in [7, 11) is 1.33. The number of amides is 1. The lowest BCUT2D eigenvalue weighted by molar-refractivity contribution is -0.116. The lowest BCUT2D eigenvalue weighted by atomic mass is 10.3. The van der Waals surface area contributed by atoms with E-state index in [1.165, 1.54) is 7.11 Å². The van der Waals surface area contributed by atoms with Crippen molar-refractivity contribution < 1.29 is 22.7 Å². The number of nitrogens with one attached hydrogen (secondary N) is 1. The molecule has 0 aliphatic rings. The normalized spacial score (nSPS) is 11.6. The zero-order valence-corrected chi connectivity index (χ0v) is 14.5. The van der Waals surface area contributed by atoms with Crippen LogP contribution in [-0.4, -0.2) is 47.0 Å². The quantitative estimate of drug-likeness (QED) is 0.685. The summed E-state index contributed by atoms with van der Waals surface area (Å²) in [5, 5.41) is 0. The number of methoxy groups -OCH3 is 1. The number of hydrogen-bond acceptors (Lipinski definition) is 6. The van der Waals surface area contributed by atoms with Crippen molar-refractivity contribution in [1.29, 1.82) is 0 Å². The minimum atomic E-state index is -4.60. The molecule has 1 amide bonds. The molecular weight excluding hydrogens is 365 g/mol. The van der Waals surface area contributed by atoms with Gasteiger partial charge in [-0.15, -0.1) is 0 Å². The topological polar surface area (TPSA) is 110 Å². The summed E-state index contributed by atoms with van der Waals surface area (Å²) in [6.45, 7) is 1.72. The van der Waals surface area contributed by atoms with Crippen molar-refractivity contribution in [3.63, 3.8) is 0 Å². The number of alkyl halides is 3. The fraction of sp³-hybridized carbons (Fsp3) is 0.615. The van der Waals surface area contributed by atoms with Gasteiger partial charge in [-0.25, -0.2) is 4.79 Å². The van der Waals surface area contributed by atoms with E-state index in [1.54, 1.807) is 6.92 Å². The third kappa shape index (κ3) is 5.81. The number of aromatic nitrogens is 2. The van der Waals surface area contributed by atoms with Crippen molar-refractivity contribution in [3.8, 4) is 0 Å². The van der Waals surface area contributed by atoms with Crippen molar-refractivity contribution in [3.05, 3.63) is 20.8 Å².